The summed E-state index contributed by atoms with van der Waals surface area (Å²) in [6.45, 7) is 0.316. The number of carbonyl (C=O) groups is 1. The first kappa shape index (κ1) is 13.1. The SMILES string of the molecule is CCCCNC(=O)NCC(F)(F)CO. The second-order valence-corrected chi connectivity index (χ2v) is 2.98. The normalized spacial score (nSPS) is 11.1. The monoisotopic (exact) mass is 210 g/mol. The molecule has 0 aliphatic rings. The summed E-state index contributed by atoms with van der Waals surface area (Å²) in [5, 5.41) is 12.6. The smallest absolute Gasteiger partial charge is 0.314 e. The molecule has 84 valence electrons. The Kier molecular flexibility index (Phi) is 6.11. The lowest BCUT2D eigenvalue weighted by Crippen LogP contribution is -2.43. The van der Waals surface area contributed by atoms with Crippen molar-refractivity contribution in [3.05, 3.63) is 0 Å². The average molecular weight is 210 g/mol. The van der Waals surface area contributed by atoms with Gasteiger partial charge in [-0.25, -0.2) is 13.6 Å². The van der Waals surface area contributed by atoms with E-state index in [2.05, 4.69) is 5.32 Å². The number of carbonyl (C=O) groups excluding carboxylic acids is 1. The number of aliphatic hydroxyl groups is 1. The van der Waals surface area contributed by atoms with E-state index in [0.29, 0.717) is 6.54 Å². The Labute approximate surface area is 81.7 Å². The second kappa shape index (κ2) is 6.53. The van der Waals surface area contributed by atoms with E-state index in [9.17, 15) is 13.6 Å². The van der Waals surface area contributed by atoms with E-state index in [1.807, 2.05) is 12.2 Å². The molecule has 0 radical (unpaired) electrons. The summed E-state index contributed by atoms with van der Waals surface area (Å²) in [6, 6.07) is -0.633. The summed E-state index contributed by atoms with van der Waals surface area (Å²) in [5.41, 5.74) is 0. The first-order chi connectivity index (χ1) is 6.52. The van der Waals surface area contributed by atoms with Crippen molar-refractivity contribution in [2.24, 2.45) is 0 Å². The molecule has 0 aromatic heterocycles. The molecule has 0 aromatic rings. The van der Waals surface area contributed by atoms with E-state index < -0.39 is 25.1 Å². The second-order valence-electron chi connectivity index (χ2n) is 2.98. The molecule has 0 aliphatic carbocycles. The van der Waals surface area contributed by atoms with Crippen molar-refractivity contribution < 1.29 is 18.7 Å². The maximum atomic E-state index is 12.4. The number of urea groups is 1. The van der Waals surface area contributed by atoms with Crippen LogP contribution in [0.15, 0.2) is 0 Å². The van der Waals surface area contributed by atoms with Crippen LogP contribution in [-0.4, -0.2) is 36.8 Å². The van der Waals surface area contributed by atoms with E-state index in [4.69, 9.17) is 5.11 Å². The van der Waals surface area contributed by atoms with Crippen LogP contribution in [0.5, 0.6) is 0 Å². The number of unbranched alkanes of at least 4 members (excludes halogenated alkanes) is 1. The van der Waals surface area contributed by atoms with Gasteiger partial charge in [0.2, 0.25) is 0 Å². The molecule has 6 heteroatoms. The number of halogens is 2. The van der Waals surface area contributed by atoms with Crippen molar-refractivity contribution in [2.75, 3.05) is 19.7 Å². The number of hydrogen-bond acceptors (Lipinski definition) is 2. The summed E-state index contributed by atoms with van der Waals surface area (Å²) >= 11 is 0. The maximum Gasteiger partial charge on any atom is 0.314 e. The molecular weight excluding hydrogens is 194 g/mol. The van der Waals surface area contributed by atoms with Crippen LogP contribution in [0.2, 0.25) is 0 Å². The van der Waals surface area contributed by atoms with Gasteiger partial charge in [0.05, 0.1) is 6.54 Å². The predicted molar refractivity (Wildman–Crippen MR) is 48.3 cm³/mol. The Balaban J connectivity index is 3.53. The van der Waals surface area contributed by atoms with Gasteiger partial charge in [0.25, 0.3) is 5.92 Å². The molecule has 0 aromatic carbocycles. The van der Waals surface area contributed by atoms with Crippen molar-refractivity contribution in [1.82, 2.24) is 10.6 Å². The van der Waals surface area contributed by atoms with Crippen LogP contribution < -0.4 is 10.6 Å². The number of hydrogen-bond donors (Lipinski definition) is 3. The van der Waals surface area contributed by atoms with Crippen molar-refractivity contribution in [1.29, 1.82) is 0 Å². The molecule has 0 rings (SSSR count). The van der Waals surface area contributed by atoms with Gasteiger partial charge >= 0.3 is 6.03 Å². The fourth-order valence-electron chi connectivity index (χ4n) is 0.707. The highest BCUT2D eigenvalue weighted by atomic mass is 19.3. The van der Waals surface area contributed by atoms with Crippen molar-refractivity contribution >= 4 is 6.03 Å². The topological polar surface area (TPSA) is 61.4 Å². The van der Waals surface area contributed by atoms with E-state index in [0.717, 1.165) is 12.8 Å². The summed E-state index contributed by atoms with van der Waals surface area (Å²) in [5.74, 6) is -3.25. The molecule has 4 nitrogen and oxygen atoms in total. The van der Waals surface area contributed by atoms with Gasteiger partial charge in [0.15, 0.2) is 0 Å². The maximum absolute atomic E-state index is 12.4. The molecule has 0 aliphatic heterocycles. The number of rotatable bonds is 6. The van der Waals surface area contributed by atoms with E-state index in [-0.39, 0.29) is 0 Å². The first-order valence-electron chi connectivity index (χ1n) is 4.52. The van der Waals surface area contributed by atoms with Crippen LogP contribution in [0.1, 0.15) is 19.8 Å². The molecule has 0 spiro atoms. The van der Waals surface area contributed by atoms with Gasteiger partial charge in [-0.1, -0.05) is 13.3 Å². The molecule has 3 N–H and O–H groups in total. The highest BCUT2D eigenvalue weighted by molar-refractivity contribution is 5.73. The molecule has 0 atom stereocenters. The Morgan fingerprint density at radius 2 is 2.07 bits per heavy atom. The fraction of sp³-hybridized carbons (Fsp3) is 0.875. The highest BCUT2D eigenvalue weighted by Gasteiger charge is 2.27. The lowest BCUT2D eigenvalue weighted by Gasteiger charge is -2.14. The van der Waals surface area contributed by atoms with E-state index in [1.54, 1.807) is 0 Å². The molecule has 0 unspecified atom stereocenters. The molecule has 0 bridgehead atoms. The van der Waals surface area contributed by atoms with Gasteiger partial charge in [-0.2, -0.15) is 0 Å². The Morgan fingerprint density at radius 1 is 1.43 bits per heavy atom. The molecule has 0 saturated carbocycles. The minimum atomic E-state index is -3.25. The molecule has 14 heavy (non-hydrogen) atoms. The number of alkyl halides is 2. The van der Waals surface area contributed by atoms with Gasteiger partial charge in [-0.3, -0.25) is 0 Å². The molecule has 0 fully saturated rings. The summed E-state index contributed by atoms with van der Waals surface area (Å²) in [7, 11) is 0. The third-order valence-electron chi connectivity index (χ3n) is 1.55. The fourth-order valence-corrected chi connectivity index (χ4v) is 0.707. The number of nitrogens with one attached hydrogen (secondary N) is 2. The lowest BCUT2D eigenvalue weighted by atomic mass is 10.3. The van der Waals surface area contributed by atoms with Gasteiger partial charge in [0.1, 0.15) is 6.61 Å². The van der Waals surface area contributed by atoms with Crippen LogP contribution in [0.25, 0.3) is 0 Å². The zero-order chi connectivity index (χ0) is 11.0. The zero-order valence-electron chi connectivity index (χ0n) is 8.15. The van der Waals surface area contributed by atoms with Crippen LogP contribution in [0.3, 0.4) is 0 Å². The minimum absolute atomic E-state index is 0.465. The summed E-state index contributed by atoms with van der Waals surface area (Å²) < 4.78 is 24.8. The first-order valence-corrected chi connectivity index (χ1v) is 4.52. The predicted octanol–water partition coefficient (Wildman–Crippen LogP) is 0.713. The summed E-state index contributed by atoms with van der Waals surface area (Å²) in [4.78, 5) is 10.8. The third-order valence-corrected chi connectivity index (χ3v) is 1.55. The minimum Gasteiger partial charge on any atom is -0.390 e. The number of amides is 2. The summed E-state index contributed by atoms with van der Waals surface area (Å²) in [6.07, 6.45) is 1.73. The van der Waals surface area contributed by atoms with E-state index >= 15 is 0 Å². The standard InChI is InChI=1S/C8H16F2N2O2/c1-2-3-4-11-7(14)12-5-8(9,10)6-13/h13H,2-6H2,1H3,(H2,11,12,14). The van der Waals surface area contributed by atoms with Crippen molar-refractivity contribution in [3.8, 4) is 0 Å². The van der Waals surface area contributed by atoms with Crippen molar-refractivity contribution in [3.63, 3.8) is 0 Å². The number of aliphatic hydroxyl groups excluding tert-OH is 1. The highest BCUT2D eigenvalue weighted by Crippen LogP contribution is 2.09. The Bertz CT molecular complexity index is 177. The molecule has 2 amide bonds. The Morgan fingerprint density at radius 3 is 2.57 bits per heavy atom. The quantitative estimate of drug-likeness (QED) is 0.565. The van der Waals surface area contributed by atoms with E-state index in [1.165, 1.54) is 0 Å². The lowest BCUT2D eigenvalue weighted by molar-refractivity contribution is -0.0454. The molecule has 0 heterocycles. The molecule has 0 saturated heterocycles. The van der Waals surface area contributed by atoms with Gasteiger partial charge < -0.3 is 15.7 Å². The van der Waals surface area contributed by atoms with Gasteiger partial charge in [0, 0.05) is 6.54 Å². The third kappa shape index (κ3) is 6.59. The van der Waals surface area contributed by atoms with Gasteiger partial charge in [-0.15, -0.1) is 0 Å². The molecular formula is C8H16F2N2O2. The van der Waals surface area contributed by atoms with Crippen LogP contribution in [-0.2, 0) is 0 Å². The average Bonchev–Trinajstić information content (AvgIpc) is 2.16. The van der Waals surface area contributed by atoms with Crippen LogP contribution in [0.4, 0.5) is 13.6 Å². The van der Waals surface area contributed by atoms with Crippen LogP contribution in [0, 0.1) is 0 Å². The Hall–Kier alpha value is -0.910. The van der Waals surface area contributed by atoms with Crippen LogP contribution >= 0.6 is 0 Å². The zero-order valence-corrected chi connectivity index (χ0v) is 8.15. The van der Waals surface area contributed by atoms with Crippen molar-refractivity contribution in [2.45, 2.75) is 25.7 Å². The largest absolute Gasteiger partial charge is 0.390 e. The van der Waals surface area contributed by atoms with Gasteiger partial charge in [-0.05, 0) is 6.42 Å².